The van der Waals surface area contributed by atoms with Crippen molar-refractivity contribution >= 4 is 11.3 Å². The molecule has 1 unspecified atom stereocenters. The number of thiazole rings is 1. The van der Waals surface area contributed by atoms with Crippen LogP contribution in [0, 0.1) is 12.8 Å². The quantitative estimate of drug-likeness (QED) is 0.812. The van der Waals surface area contributed by atoms with Crippen LogP contribution in [-0.2, 0) is 6.42 Å². The molecule has 1 N–H and O–H groups in total. The van der Waals surface area contributed by atoms with E-state index in [0.29, 0.717) is 5.92 Å². The third kappa shape index (κ3) is 2.55. The SMILES string of the molecule is Cc1ncsc1CCCC(O)C1CC1. The molecule has 0 spiro atoms. The van der Waals surface area contributed by atoms with Gasteiger partial charge in [0.2, 0.25) is 0 Å². The summed E-state index contributed by atoms with van der Waals surface area (Å²) in [4.78, 5) is 5.60. The molecule has 0 bridgehead atoms. The van der Waals surface area contributed by atoms with Gasteiger partial charge in [-0.05, 0) is 44.9 Å². The van der Waals surface area contributed by atoms with E-state index >= 15 is 0 Å². The topological polar surface area (TPSA) is 33.1 Å². The lowest BCUT2D eigenvalue weighted by Gasteiger charge is -2.07. The standard InChI is InChI=1S/C11H17NOS/c1-8-11(14-7-12-8)4-2-3-10(13)9-5-6-9/h7,9-10,13H,2-6H2,1H3. The molecule has 1 atom stereocenters. The lowest BCUT2D eigenvalue weighted by Crippen LogP contribution is -2.08. The van der Waals surface area contributed by atoms with Gasteiger partial charge >= 0.3 is 0 Å². The first-order valence-corrected chi connectivity index (χ1v) is 6.22. The molecular weight excluding hydrogens is 194 g/mol. The number of aliphatic hydroxyl groups is 1. The Kier molecular flexibility index (Phi) is 3.19. The van der Waals surface area contributed by atoms with Crippen molar-refractivity contribution in [2.45, 2.75) is 45.1 Å². The highest BCUT2D eigenvalue weighted by atomic mass is 32.1. The zero-order chi connectivity index (χ0) is 9.97. The Hall–Kier alpha value is -0.410. The van der Waals surface area contributed by atoms with Gasteiger partial charge in [0.05, 0.1) is 17.3 Å². The molecule has 1 aliphatic rings. The summed E-state index contributed by atoms with van der Waals surface area (Å²) in [5.74, 6) is 0.623. The fourth-order valence-electron chi connectivity index (χ4n) is 1.75. The van der Waals surface area contributed by atoms with Gasteiger partial charge in [-0.15, -0.1) is 11.3 Å². The van der Waals surface area contributed by atoms with Crippen LogP contribution in [0.25, 0.3) is 0 Å². The van der Waals surface area contributed by atoms with E-state index in [4.69, 9.17) is 0 Å². The third-order valence-electron chi connectivity index (χ3n) is 2.91. The molecule has 78 valence electrons. The van der Waals surface area contributed by atoms with E-state index in [0.717, 1.165) is 25.0 Å². The Labute approximate surface area is 89.0 Å². The zero-order valence-corrected chi connectivity index (χ0v) is 9.39. The van der Waals surface area contributed by atoms with Crippen LogP contribution in [0.3, 0.4) is 0 Å². The highest BCUT2D eigenvalue weighted by Crippen LogP contribution is 2.34. The maximum atomic E-state index is 9.67. The van der Waals surface area contributed by atoms with E-state index in [9.17, 15) is 5.11 Å². The van der Waals surface area contributed by atoms with Crippen molar-refractivity contribution in [2.24, 2.45) is 5.92 Å². The zero-order valence-electron chi connectivity index (χ0n) is 8.57. The Bertz CT molecular complexity index is 293. The molecule has 1 aromatic heterocycles. The van der Waals surface area contributed by atoms with Crippen LogP contribution in [0.2, 0.25) is 0 Å². The van der Waals surface area contributed by atoms with Crippen LogP contribution in [-0.4, -0.2) is 16.2 Å². The molecule has 14 heavy (non-hydrogen) atoms. The maximum Gasteiger partial charge on any atom is 0.0797 e. The Balaban J connectivity index is 1.69. The number of rotatable bonds is 5. The van der Waals surface area contributed by atoms with Crippen LogP contribution in [0.5, 0.6) is 0 Å². The van der Waals surface area contributed by atoms with Crippen molar-refractivity contribution < 1.29 is 5.11 Å². The molecule has 2 rings (SSSR count). The number of hydrogen-bond donors (Lipinski definition) is 1. The van der Waals surface area contributed by atoms with Crippen molar-refractivity contribution in [3.05, 3.63) is 16.1 Å². The molecule has 0 amide bonds. The highest BCUT2D eigenvalue weighted by molar-refractivity contribution is 7.09. The van der Waals surface area contributed by atoms with Gasteiger partial charge in [0.1, 0.15) is 0 Å². The molecule has 1 saturated carbocycles. The van der Waals surface area contributed by atoms with Crippen molar-refractivity contribution in [1.82, 2.24) is 4.98 Å². The maximum absolute atomic E-state index is 9.67. The fourth-order valence-corrected chi connectivity index (χ4v) is 2.58. The molecule has 3 heteroatoms. The summed E-state index contributed by atoms with van der Waals surface area (Å²) in [6.45, 7) is 2.06. The summed E-state index contributed by atoms with van der Waals surface area (Å²) < 4.78 is 0. The number of aryl methyl sites for hydroxylation is 2. The van der Waals surface area contributed by atoms with Crippen LogP contribution < -0.4 is 0 Å². The normalized spacial score (nSPS) is 18.4. The van der Waals surface area contributed by atoms with E-state index in [1.165, 1.54) is 17.7 Å². The molecule has 1 aromatic rings. The molecular formula is C11H17NOS. The van der Waals surface area contributed by atoms with Gasteiger partial charge in [0.15, 0.2) is 0 Å². The van der Waals surface area contributed by atoms with Gasteiger partial charge in [-0.2, -0.15) is 0 Å². The molecule has 1 heterocycles. The average molecular weight is 211 g/mol. The summed E-state index contributed by atoms with van der Waals surface area (Å²) in [5.41, 5.74) is 3.07. The van der Waals surface area contributed by atoms with Crippen molar-refractivity contribution in [3.8, 4) is 0 Å². The summed E-state index contributed by atoms with van der Waals surface area (Å²) in [5, 5.41) is 9.67. The minimum atomic E-state index is -0.0387. The third-order valence-corrected chi connectivity index (χ3v) is 3.91. The van der Waals surface area contributed by atoms with E-state index in [-0.39, 0.29) is 6.10 Å². The largest absolute Gasteiger partial charge is 0.393 e. The second kappa shape index (κ2) is 4.41. The Morgan fingerprint density at radius 3 is 3.00 bits per heavy atom. The highest BCUT2D eigenvalue weighted by Gasteiger charge is 2.28. The first kappa shape index (κ1) is 10.1. The van der Waals surface area contributed by atoms with Gasteiger partial charge in [-0.3, -0.25) is 0 Å². The second-order valence-electron chi connectivity index (χ2n) is 4.16. The first-order chi connectivity index (χ1) is 6.77. The summed E-state index contributed by atoms with van der Waals surface area (Å²) >= 11 is 1.73. The first-order valence-electron chi connectivity index (χ1n) is 5.34. The number of aromatic nitrogens is 1. The van der Waals surface area contributed by atoms with Crippen LogP contribution in [0.4, 0.5) is 0 Å². The van der Waals surface area contributed by atoms with E-state index in [1.54, 1.807) is 11.3 Å². The number of hydrogen-bond acceptors (Lipinski definition) is 3. The van der Waals surface area contributed by atoms with Crippen molar-refractivity contribution in [3.63, 3.8) is 0 Å². The smallest absolute Gasteiger partial charge is 0.0797 e. The van der Waals surface area contributed by atoms with Gasteiger partial charge in [0.25, 0.3) is 0 Å². The van der Waals surface area contributed by atoms with Crippen molar-refractivity contribution in [1.29, 1.82) is 0 Å². The van der Waals surface area contributed by atoms with Crippen LogP contribution >= 0.6 is 11.3 Å². The van der Waals surface area contributed by atoms with E-state index in [2.05, 4.69) is 11.9 Å². The molecule has 0 aromatic carbocycles. The summed E-state index contributed by atoms with van der Waals surface area (Å²) in [6, 6.07) is 0. The lowest BCUT2D eigenvalue weighted by atomic mass is 10.1. The van der Waals surface area contributed by atoms with E-state index in [1.807, 2.05) is 5.51 Å². The fraction of sp³-hybridized carbons (Fsp3) is 0.727. The van der Waals surface area contributed by atoms with Crippen LogP contribution in [0.15, 0.2) is 5.51 Å². The minimum absolute atomic E-state index is 0.0387. The molecule has 0 saturated heterocycles. The minimum Gasteiger partial charge on any atom is -0.393 e. The van der Waals surface area contributed by atoms with Gasteiger partial charge in [-0.25, -0.2) is 4.98 Å². The van der Waals surface area contributed by atoms with Gasteiger partial charge in [-0.1, -0.05) is 0 Å². The van der Waals surface area contributed by atoms with Crippen LogP contribution in [0.1, 0.15) is 36.3 Å². The number of aliphatic hydroxyl groups excluding tert-OH is 1. The molecule has 0 radical (unpaired) electrons. The monoisotopic (exact) mass is 211 g/mol. The van der Waals surface area contributed by atoms with Gasteiger partial charge < -0.3 is 5.11 Å². The summed E-state index contributed by atoms with van der Waals surface area (Å²) in [7, 11) is 0. The summed E-state index contributed by atoms with van der Waals surface area (Å²) in [6.07, 6.45) is 5.58. The van der Waals surface area contributed by atoms with E-state index < -0.39 is 0 Å². The molecule has 1 fully saturated rings. The lowest BCUT2D eigenvalue weighted by molar-refractivity contribution is 0.139. The molecule has 2 nitrogen and oxygen atoms in total. The number of nitrogens with zero attached hydrogens (tertiary/aromatic N) is 1. The van der Waals surface area contributed by atoms with Crippen molar-refractivity contribution in [2.75, 3.05) is 0 Å². The second-order valence-corrected chi connectivity index (χ2v) is 5.10. The molecule has 1 aliphatic carbocycles. The predicted molar refractivity (Wildman–Crippen MR) is 58.5 cm³/mol. The van der Waals surface area contributed by atoms with Gasteiger partial charge in [0, 0.05) is 4.88 Å². The average Bonchev–Trinajstić information content (AvgIpc) is 2.93. The predicted octanol–water partition coefficient (Wildman–Crippen LogP) is 2.55. The Morgan fingerprint density at radius 1 is 1.64 bits per heavy atom. The molecule has 0 aliphatic heterocycles. The Morgan fingerprint density at radius 2 is 2.43 bits per heavy atom.